The van der Waals surface area contributed by atoms with Crippen LogP contribution in [-0.2, 0) is 11.3 Å². The van der Waals surface area contributed by atoms with Crippen molar-refractivity contribution in [3.63, 3.8) is 0 Å². The molecular weight excluding hydrogens is 309 g/mol. The lowest BCUT2D eigenvalue weighted by molar-refractivity contribution is -0.146. The minimum atomic E-state index is -1.94. The molecule has 2 heterocycles. The number of urea groups is 1. The van der Waals surface area contributed by atoms with Gasteiger partial charge in [-0.1, -0.05) is 30.3 Å². The van der Waals surface area contributed by atoms with Crippen molar-refractivity contribution in [1.29, 1.82) is 0 Å². The number of carbonyl (C=O) groups excluding carboxylic acids is 2. The minimum Gasteiger partial charge on any atom is -0.340 e. The Morgan fingerprint density at radius 1 is 1.04 bits per heavy atom. The first-order valence-corrected chi connectivity index (χ1v) is 8.63. The Morgan fingerprint density at radius 2 is 1.71 bits per heavy atom. The molecule has 3 amide bonds. The van der Waals surface area contributed by atoms with E-state index in [1.54, 1.807) is 4.90 Å². The van der Waals surface area contributed by atoms with Crippen molar-refractivity contribution in [2.75, 3.05) is 26.2 Å². The van der Waals surface area contributed by atoms with Crippen LogP contribution < -0.4 is 5.32 Å². The predicted molar refractivity (Wildman–Crippen MR) is 89.1 cm³/mol. The zero-order valence-corrected chi connectivity index (χ0v) is 13.8. The highest BCUT2D eigenvalue weighted by atomic mass is 19.1. The Hall–Kier alpha value is -2.11. The maximum Gasteiger partial charge on any atom is 0.317 e. The normalized spacial score (nSPS) is 24.0. The van der Waals surface area contributed by atoms with E-state index in [-0.39, 0.29) is 19.0 Å². The Morgan fingerprint density at radius 3 is 2.42 bits per heavy atom. The summed E-state index contributed by atoms with van der Waals surface area (Å²) in [5.74, 6) is -0.444. The first-order chi connectivity index (χ1) is 11.6. The molecule has 0 bridgehead atoms. The van der Waals surface area contributed by atoms with Gasteiger partial charge in [-0.15, -0.1) is 0 Å². The third-order valence-electron chi connectivity index (χ3n) is 4.79. The fraction of sp³-hybridized carbons (Fsp3) is 0.556. The molecule has 0 spiro atoms. The third-order valence-corrected chi connectivity index (χ3v) is 4.79. The number of nitrogens with one attached hydrogen (secondary N) is 1. The number of carbonyl (C=O) groups is 2. The summed E-state index contributed by atoms with van der Waals surface area (Å²) < 4.78 is 15.2. The average Bonchev–Trinajstić information content (AvgIpc) is 3.14. The second-order valence-corrected chi connectivity index (χ2v) is 6.63. The molecule has 0 aromatic heterocycles. The molecule has 0 saturated carbocycles. The van der Waals surface area contributed by atoms with Gasteiger partial charge < -0.3 is 15.1 Å². The molecule has 1 N–H and O–H groups in total. The van der Waals surface area contributed by atoms with Gasteiger partial charge in [0, 0.05) is 26.2 Å². The fourth-order valence-electron chi connectivity index (χ4n) is 3.45. The number of halogens is 1. The van der Waals surface area contributed by atoms with E-state index >= 15 is 4.39 Å². The van der Waals surface area contributed by atoms with Gasteiger partial charge in [0.05, 0.1) is 6.54 Å². The van der Waals surface area contributed by atoms with Crippen LogP contribution in [0.15, 0.2) is 30.3 Å². The van der Waals surface area contributed by atoms with Crippen LogP contribution in [0.2, 0.25) is 0 Å². The summed E-state index contributed by atoms with van der Waals surface area (Å²) in [6.45, 7) is 1.99. The first-order valence-electron chi connectivity index (χ1n) is 8.63. The topological polar surface area (TPSA) is 52.7 Å². The molecule has 1 unspecified atom stereocenters. The molecule has 1 aromatic carbocycles. The van der Waals surface area contributed by atoms with E-state index in [0.29, 0.717) is 32.6 Å². The SMILES string of the molecule is O=C(NCc1ccccc1)N1CCCC(F)(C(=O)N2CCCC2)C1. The van der Waals surface area contributed by atoms with Gasteiger partial charge >= 0.3 is 6.03 Å². The number of rotatable bonds is 3. The lowest BCUT2D eigenvalue weighted by Gasteiger charge is -2.38. The van der Waals surface area contributed by atoms with Crippen LogP contribution in [-0.4, -0.2) is 53.6 Å². The number of amides is 3. The quantitative estimate of drug-likeness (QED) is 0.923. The molecule has 24 heavy (non-hydrogen) atoms. The summed E-state index contributed by atoms with van der Waals surface area (Å²) >= 11 is 0. The zero-order chi connectivity index (χ0) is 17.0. The van der Waals surface area contributed by atoms with E-state index in [9.17, 15) is 9.59 Å². The monoisotopic (exact) mass is 333 g/mol. The Bertz CT molecular complexity index is 589. The van der Waals surface area contributed by atoms with Crippen LogP contribution in [0.1, 0.15) is 31.2 Å². The van der Waals surface area contributed by atoms with Crippen LogP contribution in [0.4, 0.5) is 9.18 Å². The Kier molecular flexibility index (Phi) is 5.02. The number of nitrogens with zero attached hydrogens (tertiary/aromatic N) is 2. The molecule has 0 radical (unpaired) electrons. The second kappa shape index (κ2) is 7.20. The number of benzene rings is 1. The van der Waals surface area contributed by atoms with Gasteiger partial charge in [0.15, 0.2) is 0 Å². The van der Waals surface area contributed by atoms with Crippen molar-refractivity contribution in [2.45, 2.75) is 37.9 Å². The molecule has 2 aliphatic rings. The van der Waals surface area contributed by atoms with E-state index in [1.165, 1.54) is 4.90 Å². The second-order valence-electron chi connectivity index (χ2n) is 6.63. The molecule has 1 atom stereocenters. The van der Waals surface area contributed by atoms with Gasteiger partial charge in [-0.2, -0.15) is 0 Å². The molecule has 6 heteroatoms. The Balaban J connectivity index is 1.57. The van der Waals surface area contributed by atoms with Crippen molar-refractivity contribution >= 4 is 11.9 Å². The fourth-order valence-corrected chi connectivity index (χ4v) is 3.45. The highest BCUT2D eigenvalue weighted by molar-refractivity contribution is 5.87. The van der Waals surface area contributed by atoms with Gasteiger partial charge in [0.2, 0.25) is 5.67 Å². The molecule has 2 fully saturated rings. The molecular formula is C18H24FN3O2. The summed E-state index contributed by atoms with van der Waals surface area (Å²) in [6, 6.07) is 9.26. The average molecular weight is 333 g/mol. The van der Waals surface area contributed by atoms with Crippen LogP contribution >= 0.6 is 0 Å². The molecule has 5 nitrogen and oxygen atoms in total. The van der Waals surface area contributed by atoms with E-state index in [0.717, 1.165) is 18.4 Å². The summed E-state index contributed by atoms with van der Waals surface area (Å²) in [5, 5.41) is 2.81. The number of hydrogen-bond donors (Lipinski definition) is 1. The van der Waals surface area contributed by atoms with Crippen molar-refractivity contribution in [3.8, 4) is 0 Å². The van der Waals surface area contributed by atoms with E-state index < -0.39 is 11.6 Å². The van der Waals surface area contributed by atoms with Gasteiger partial charge in [0.1, 0.15) is 0 Å². The van der Waals surface area contributed by atoms with E-state index in [4.69, 9.17) is 0 Å². The Labute approximate surface area is 141 Å². The van der Waals surface area contributed by atoms with Crippen molar-refractivity contribution in [3.05, 3.63) is 35.9 Å². The summed E-state index contributed by atoms with van der Waals surface area (Å²) in [4.78, 5) is 27.8. The number of alkyl halides is 1. The highest BCUT2D eigenvalue weighted by Crippen LogP contribution is 2.29. The summed E-state index contributed by atoms with van der Waals surface area (Å²) in [7, 11) is 0. The predicted octanol–water partition coefficient (Wildman–Crippen LogP) is 2.32. The zero-order valence-electron chi connectivity index (χ0n) is 13.8. The van der Waals surface area contributed by atoms with Gasteiger partial charge in [0.25, 0.3) is 5.91 Å². The van der Waals surface area contributed by atoms with Crippen molar-refractivity contribution in [2.24, 2.45) is 0 Å². The smallest absolute Gasteiger partial charge is 0.317 e. The van der Waals surface area contributed by atoms with Crippen LogP contribution in [0.5, 0.6) is 0 Å². The lowest BCUT2D eigenvalue weighted by atomic mass is 9.93. The standard InChI is InChI=1S/C18H24FN3O2/c19-18(16(23)21-10-4-5-11-21)9-6-12-22(14-18)17(24)20-13-15-7-2-1-3-8-15/h1-3,7-8H,4-6,9-14H2,(H,20,24). The van der Waals surface area contributed by atoms with Gasteiger partial charge in [-0.3, -0.25) is 4.79 Å². The molecule has 2 saturated heterocycles. The maximum absolute atomic E-state index is 15.2. The lowest BCUT2D eigenvalue weighted by Crippen LogP contribution is -2.57. The van der Waals surface area contributed by atoms with Crippen molar-refractivity contribution in [1.82, 2.24) is 15.1 Å². The van der Waals surface area contributed by atoms with Crippen LogP contribution in [0.3, 0.4) is 0 Å². The first kappa shape index (κ1) is 16.7. The third kappa shape index (κ3) is 3.68. The van der Waals surface area contributed by atoms with Crippen LogP contribution in [0.25, 0.3) is 0 Å². The number of likely N-dealkylation sites (tertiary alicyclic amines) is 2. The van der Waals surface area contributed by atoms with E-state index in [1.807, 2.05) is 30.3 Å². The molecule has 0 aliphatic carbocycles. The minimum absolute atomic E-state index is 0.150. The molecule has 2 aliphatic heterocycles. The highest BCUT2D eigenvalue weighted by Gasteiger charge is 2.46. The molecule has 1 aromatic rings. The van der Waals surface area contributed by atoms with E-state index in [2.05, 4.69) is 5.32 Å². The molecule has 130 valence electrons. The maximum atomic E-state index is 15.2. The number of hydrogen-bond acceptors (Lipinski definition) is 2. The summed E-state index contributed by atoms with van der Waals surface area (Å²) in [5.41, 5.74) is -0.949. The largest absolute Gasteiger partial charge is 0.340 e. The van der Waals surface area contributed by atoms with Gasteiger partial charge in [-0.25, -0.2) is 9.18 Å². The van der Waals surface area contributed by atoms with Crippen molar-refractivity contribution < 1.29 is 14.0 Å². The number of piperidine rings is 1. The van der Waals surface area contributed by atoms with Crippen LogP contribution in [0, 0.1) is 0 Å². The summed E-state index contributed by atoms with van der Waals surface area (Å²) in [6.07, 6.45) is 2.58. The molecule has 3 rings (SSSR count). The van der Waals surface area contributed by atoms with Gasteiger partial charge in [-0.05, 0) is 31.2 Å².